The highest BCUT2D eigenvalue weighted by Crippen LogP contribution is 2.41. The Morgan fingerprint density at radius 2 is 1.90 bits per heavy atom. The SMILES string of the molecule is CC1=Cc2ncnc(N3CCOc4ccc(-c5cnc(N)c(S(=O)(=O)CCC(C)(C)N)c5)cc4C3)c2CC1(C)C. The fourth-order valence-electron chi connectivity index (χ4n) is 5.09. The Bertz CT molecular complexity index is 1590. The minimum atomic E-state index is -3.66. The first-order valence-electron chi connectivity index (χ1n) is 13.5. The second kappa shape index (κ2) is 10.2. The van der Waals surface area contributed by atoms with Crippen molar-refractivity contribution in [2.75, 3.05) is 29.5 Å². The standard InChI is InChI=1S/C30H38N6O3S/c1-19-12-24-23(15-29(19,2)3)28(35-18-34-24)36-9-10-39-25-7-6-20(13-22(25)17-36)21-14-26(27(31)33-16-21)40(37,38)11-8-30(4,5)32/h6-7,12-14,16,18H,8-11,15,17,32H2,1-5H3,(H2,31,33). The average molecular weight is 563 g/mol. The molecule has 1 aliphatic carbocycles. The molecule has 0 atom stereocenters. The van der Waals surface area contributed by atoms with Crippen LogP contribution in [0.1, 0.15) is 57.9 Å². The molecule has 212 valence electrons. The number of fused-ring (bicyclic) bond motifs is 2. The summed E-state index contributed by atoms with van der Waals surface area (Å²) in [4.78, 5) is 15.8. The number of rotatable bonds is 6. The molecule has 1 aromatic carbocycles. The lowest BCUT2D eigenvalue weighted by atomic mass is 9.75. The molecule has 0 bridgehead atoms. The molecule has 0 saturated carbocycles. The molecule has 4 N–H and O–H groups in total. The number of ether oxygens (including phenoxy) is 1. The van der Waals surface area contributed by atoms with Gasteiger partial charge in [0.15, 0.2) is 9.84 Å². The molecule has 5 rings (SSSR count). The number of benzene rings is 1. The van der Waals surface area contributed by atoms with Crippen LogP contribution in [0.4, 0.5) is 11.6 Å². The Morgan fingerprint density at radius 1 is 1.12 bits per heavy atom. The van der Waals surface area contributed by atoms with Gasteiger partial charge in [0.25, 0.3) is 0 Å². The van der Waals surface area contributed by atoms with Gasteiger partial charge in [-0.05, 0) is 68.9 Å². The largest absolute Gasteiger partial charge is 0.491 e. The topological polar surface area (TPSA) is 137 Å². The molecule has 0 amide bonds. The van der Waals surface area contributed by atoms with Gasteiger partial charge < -0.3 is 21.1 Å². The van der Waals surface area contributed by atoms with E-state index in [1.54, 1.807) is 32.4 Å². The minimum absolute atomic E-state index is 0.0106. The van der Waals surface area contributed by atoms with Gasteiger partial charge in [-0.1, -0.05) is 25.5 Å². The second-order valence-corrected chi connectivity index (χ2v) is 14.3. The Hall–Kier alpha value is -3.50. The fourth-order valence-corrected chi connectivity index (χ4v) is 6.78. The molecule has 3 heterocycles. The smallest absolute Gasteiger partial charge is 0.182 e. The van der Waals surface area contributed by atoms with Crippen LogP contribution in [0.5, 0.6) is 5.75 Å². The summed E-state index contributed by atoms with van der Waals surface area (Å²) in [7, 11) is -3.66. The van der Waals surface area contributed by atoms with E-state index in [1.165, 1.54) is 5.57 Å². The van der Waals surface area contributed by atoms with Gasteiger partial charge in [-0.2, -0.15) is 0 Å². The van der Waals surface area contributed by atoms with Crippen molar-refractivity contribution >= 4 is 27.5 Å². The molecular formula is C30H38N6O3S. The maximum Gasteiger partial charge on any atom is 0.182 e. The van der Waals surface area contributed by atoms with Crippen LogP contribution in [0, 0.1) is 5.41 Å². The first-order chi connectivity index (χ1) is 18.7. The molecule has 40 heavy (non-hydrogen) atoms. The van der Waals surface area contributed by atoms with Crippen molar-refractivity contribution < 1.29 is 13.2 Å². The predicted octanol–water partition coefficient (Wildman–Crippen LogP) is 4.41. The summed E-state index contributed by atoms with van der Waals surface area (Å²) in [6.45, 7) is 12.1. The van der Waals surface area contributed by atoms with Crippen LogP contribution in [0.15, 0.2) is 47.3 Å². The summed E-state index contributed by atoms with van der Waals surface area (Å²) < 4.78 is 32.4. The molecular weight excluding hydrogens is 524 g/mol. The highest BCUT2D eigenvalue weighted by molar-refractivity contribution is 7.91. The van der Waals surface area contributed by atoms with Crippen molar-refractivity contribution in [3.63, 3.8) is 0 Å². The molecule has 0 spiro atoms. The zero-order valence-corrected chi connectivity index (χ0v) is 24.7. The molecule has 0 saturated heterocycles. The van der Waals surface area contributed by atoms with Crippen LogP contribution in [0.25, 0.3) is 17.2 Å². The zero-order chi connectivity index (χ0) is 28.9. The Balaban J connectivity index is 1.48. The highest BCUT2D eigenvalue weighted by atomic mass is 32.2. The van der Waals surface area contributed by atoms with Gasteiger partial charge >= 0.3 is 0 Å². The second-order valence-electron chi connectivity index (χ2n) is 12.2. The lowest BCUT2D eigenvalue weighted by Crippen LogP contribution is -2.34. The maximum absolute atomic E-state index is 13.1. The first kappa shape index (κ1) is 28.0. The number of anilines is 2. The number of nitrogens with two attached hydrogens (primary N) is 2. The van der Waals surface area contributed by atoms with Gasteiger partial charge in [-0.15, -0.1) is 0 Å². The molecule has 2 aromatic heterocycles. The molecule has 10 heteroatoms. The third kappa shape index (κ3) is 5.69. The number of aromatic nitrogens is 3. The summed E-state index contributed by atoms with van der Waals surface area (Å²) in [5.74, 6) is 1.61. The number of hydrogen-bond acceptors (Lipinski definition) is 9. The Labute approximate surface area is 236 Å². The van der Waals surface area contributed by atoms with E-state index in [0.717, 1.165) is 40.4 Å². The summed E-state index contributed by atoms with van der Waals surface area (Å²) in [5, 5.41) is 0. The maximum atomic E-state index is 13.1. The van der Waals surface area contributed by atoms with E-state index in [2.05, 4.69) is 41.7 Å². The summed E-state index contributed by atoms with van der Waals surface area (Å²) >= 11 is 0. The van der Waals surface area contributed by atoms with Crippen LogP contribution in [0.2, 0.25) is 0 Å². The summed E-state index contributed by atoms with van der Waals surface area (Å²) in [6.07, 6.45) is 6.58. The minimum Gasteiger partial charge on any atom is -0.491 e. The van der Waals surface area contributed by atoms with Gasteiger partial charge in [0.1, 0.15) is 35.2 Å². The lowest BCUT2D eigenvalue weighted by molar-refractivity contribution is 0.331. The molecule has 9 nitrogen and oxygen atoms in total. The van der Waals surface area contributed by atoms with Crippen LogP contribution >= 0.6 is 0 Å². The van der Waals surface area contributed by atoms with E-state index in [1.807, 2.05) is 18.2 Å². The van der Waals surface area contributed by atoms with E-state index >= 15 is 0 Å². The normalized spacial score (nSPS) is 16.9. The van der Waals surface area contributed by atoms with Gasteiger partial charge in [-0.25, -0.2) is 23.4 Å². The van der Waals surface area contributed by atoms with Crippen molar-refractivity contribution in [3.05, 3.63) is 59.2 Å². The van der Waals surface area contributed by atoms with Gasteiger partial charge in [0.2, 0.25) is 0 Å². The monoisotopic (exact) mass is 562 g/mol. The Morgan fingerprint density at radius 3 is 2.65 bits per heavy atom. The van der Waals surface area contributed by atoms with E-state index in [0.29, 0.717) is 31.7 Å². The van der Waals surface area contributed by atoms with Crippen LogP contribution in [-0.4, -0.2) is 47.8 Å². The van der Waals surface area contributed by atoms with Crippen molar-refractivity contribution in [2.45, 2.75) is 64.4 Å². The number of nitrogen functional groups attached to an aromatic ring is 1. The third-order valence-corrected chi connectivity index (χ3v) is 9.64. The van der Waals surface area contributed by atoms with E-state index in [9.17, 15) is 8.42 Å². The van der Waals surface area contributed by atoms with Crippen molar-refractivity contribution in [1.29, 1.82) is 0 Å². The molecule has 0 fully saturated rings. The van der Waals surface area contributed by atoms with Gasteiger partial charge in [0, 0.05) is 35.0 Å². The fraction of sp³-hybridized carbons (Fsp3) is 0.433. The molecule has 0 radical (unpaired) electrons. The third-order valence-electron chi connectivity index (χ3n) is 7.90. The van der Waals surface area contributed by atoms with Crippen LogP contribution < -0.4 is 21.1 Å². The molecule has 1 aliphatic heterocycles. The van der Waals surface area contributed by atoms with E-state index in [-0.39, 0.29) is 21.9 Å². The van der Waals surface area contributed by atoms with Gasteiger partial charge in [0.05, 0.1) is 18.0 Å². The number of pyridine rings is 1. The molecule has 3 aromatic rings. The van der Waals surface area contributed by atoms with Crippen LogP contribution in [0.3, 0.4) is 0 Å². The lowest BCUT2D eigenvalue weighted by Gasteiger charge is -2.33. The number of nitrogens with zero attached hydrogens (tertiary/aromatic N) is 4. The molecule has 2 aliphatic rings. The predicted molar refractivity (Wildman–Crippen MR) is 159 cm³/mol. The average Bonchev–Trinajstić information content (AvgIpc) is 3.09. The molecule has 0 unspecified atom stereocenters. The Kier molecular flexibility index (Phi) is 7.12. The number of hydrogen-bond donors (Lipinski definition) is 2. The van der Waals surface area contributed by atoms with Crippen molar-refractivity contribution in [3.8, 4) is 16.9 Å². The zero-order valence-electron chi connectivity index (χ0n) is 23.9. The number of allylic oxidation sites excluding steroid dienone is 1. The quantitative estimate of drug-likeness (QED) is 0.447. The summed E-state index contributed by atoms with van der Waals surface area (Å²) in [5.41, 5.74) is 17.4. The first-order valence-corrected chi connectivity index (χ1v) is 15.2. The van der Waals surface area contributed by atoms with Crippen molar-refractivity contribution in [1.82, 2.24) is 15.0 Å². The van der Waals surface area contributed by atoms with Crippen LogP contribution in [-0.2, 0) is 22.8 Å². The van der Waals surface area contributed by atoms with Gasteiger partial charge in [-0.3, -0.25) is 0 Å². The van der Waals surface area contributed by atoms with E-state index < -0.39 is 15.4 Å². The highest BCUT2D eigenvalue weighted by Gasteiger charge is 2.31. The van der Waals surface area contributed by atoms with Crippen molar-refractivity contribution in [2.24, 2.45) is 11.1 Å². The summed E-state index contributed by atoms with van der Waals surface area (Å²) in [6, 6.07) is 7.49. The number of sulfone groups is 1. The van der Waals surface area contributed by atoms with E-state index in [4.69, 9.17) is 21.2 Å².